The Kier molecular flexibility index (Phi) is 6.35. The Balaban J connectivity index is 1.34. The topological polar surface area (TPSA) is 76.5 Å². The van der Waals surface area contributed by atoms with Crippen LogP contribution in [0.2, 0.25) is 0 Å². The zero-order valence-corrected chi connectivity index (χ0v) is 21.8. The highest BCUT2D eigenvalue weighted by atomic mass is 16.5. The summed E-state index contributed by atoms with van der Waals surface area (Å²) in [5, 5.41) is 2.72. The summed E-state index contributed by atoms with van der Waals surface area (Å²) in [6, 6.07) is 22.1. The molecule has 1 aromatic heterocycles. The van der Waals surface area contributed by atoms with Crippen LogP contribution in [0.1, 0.15) is 29.6 Å². The summed E-state index contributed by atoms with van der Waals surface area (Å²) in [5.74, 6) is 2.50. The van der Waals surface area contributed by atoms with Crippen LogP contribution in [0.3, 0.4) is 0 Å². The summed E-state index contributed by atoms with van der Waals surface area (Å²) < 4.78 is 7.52. The van der Waals surface area contributed by atoms with Crippen molar-refractivity contribution in [2.45, 2.75) is 25.8 Å². The van der Waals surface area contributed by atoms with Crippen molar-refractivity contribution >= 4 is 22.8 Å². The third-order valence-corrected chi connectivity index (χ3v) is 7.77. The Morgan fingerprint density at radius 2 is 1.63 bits per heavy atom. The average molecular weight is 509 g/mol. The van der Waals surface area contributed by atoms with Crippen LogP contribution in [-0.2, 0) is 11.3 Å². The van der Waals surface area contributed by atoms with E-state index in [1.807, 2.05) is 35.2 Å². The third-order valence-electron chi connectivity index (χ3n) is 7.77. The average Bonchev–Trinajstić information content (AvgIpc) is 3.61. The lowest BCUT2D eigenvalue weighted by Crippen LogP contribution is -2.30. The molecule has 2 fully saturated rings. The number of rotatable bonds is 7. The molecule has 1 saturated heterocycles. The molecule has 1 atom stereocenters. The number of amides is 2. The second kappa shape index (κ2) is 9.97. The van der Waals surface area contributed by atoms with Crippen molar-refractivity contribution in [3.8, 4) is 28.3 Å². The number of aromatic nitrogens is 2. The van der Waals surface area contributed by atoms with Gasteiger partial charge >= 0.3 is 0 Å². The van der Waals surface area contributed by atoms with Crippen LogP contribution >= 0.6 is 0 Å². The summed E-state index contributed by atoms with van der Waals surface area (Å²) in [4.78, 5) is 32.1. The molecule has 1 aliphatic heterocycles. The molecule has 3 aromatic carbocycles. The minimum absolute atomic E-state index is 0.118. The zero-order valence-electron chi connectivity index (χ0n) is 21.8. The van der Waals surface area contributed by atoms with Gasteiger partial charge in [-0.1, -0.05) is 36.4 Å². The van der Waals surface area contributed by atoms with Gasteiger partial charge in [0, 0.05) is 43.7 Å². The van der Waals surface area contributed by atoms with Crippen molar-refractivity contribution in [1.29, 1.82) is 0 Å². The van der Waals surface area contributed by atoms with Crippen molar-refractivity contribution in [2.75, 3.05) is 27.2 Å². The molecule has 0 unspecified atom stereocenters. The highest BCUT2D eigenvalue weighted by Gasteiger charge is 2.36. The largest absolute Gasteiger partial charge is 0.497 e. The molecule has 1 aliphatic carbocycles. The number of carbonyl (C=O) groups excluding carboxylic acids is 2. The predicted molar refractivity (Wildman–Crippen MR) is 148 cm³/mol. The van der Waals surface area contributed by atoms with Gasteiger partial charge in [0.2, 0.25) is 5.91 Å². The van der Waals surface area contributed by atoms with Crippen LogP contribution in [0.15, 0.2) is 66.7 Å². The quantitative estimate of drug-likeness (QED) is 0.381. The van der Waals surface area contributed by atoms with E-state index < -0.39 is 0 Å². The van der Waals surface area contributed by atoms with Crippen LogP contribution in [0.25, 0.3) is 33.5 Å². The number of likely N-dealkylation sites (tertiary alicyclic amines) is 1. The lowest BCUT2D eigenvalue weighted by Gasteiger charge is -2.18. The van der Waals surface area contributed by atoms with Crippen molar-refractivity contribution in [3.63, 3.8) is 0 Å². The molecule has 6 rings (SSSR count). The molecule has 4 aromatic rings. The maximum atomic E-state index is 12.6. The Hall–Kier alpha value is -4.13. The fourth-order valence-electron chi connectivity index (χ4n) is 5.44. The number of benzene rings is 3. The summed E-state index contributed by atoms with van der Waals surface area (Å²) in [6.07, 6.45) is 3.04. The molecule has 7 nitrogen and oxygen atoms in total. The van der Waals surface area contributed by atoms with Gasteiger partial charge in [0.25, 0.3) is 5.91 Å². The summed E-state index contributed by atoms with van der Waals surface area (Å²) >= 11 is 0. The monoisotopic (exact) mass is 508 g/mol. The Morgan fingerprint density at radius 3 is 2.29 bits per heavy atom. The van der Waals surface area contributed by atoms with E-state index >= 15 is 0 Å². The predicted octanol–water partition coefficient (Wildman–Crippen LogP) is 5.00. The van der Waals surface area contributed by atoms with Gasteiger partial charge in [-0.15, -0.1) is 0 Å². The molecule has 1 saturated carbocycles. The smallest absolute Gasteiger partial charge is 0.251 e. The van der Waals surface area contributed by atoms with Gasteiger partial charge in [0.15, 0.2) is 0 Å². The van der Waals surface area contributed by atoms with Crippen LogP contribution in [-0.4, -0.2) is 53.5 Å². The van der Waals surface area contributed by atoms with Crippen molar-refractivity contribution in [2.24, 2.45) is 11.8 Å². The van der Waals surface area contributed by atoms with Crippen LogP contribution in [0.5, 0.6) is 5.75 Å². The van der Waals surface area contributed by atoms with Crippen LogP contribution < -0.4 is 10.1 Å². The fraction of sp³-hybridized carbons (Fsp3) is 0.323. The van der Waals surface area contributed by atoms with Crippen molar-refractivity contribution in [3.05, 3.63) is 72.3 Å². The summed E-state index contributed by atoms with van der Waals surface area (Å²) in [5.41, 5.74) is 5.66. The number of carbonyl (C=O) groups is 2. The van der Waals surface area contributed by atoms with E-state index in [0.717, 1.165) is 78.2 Å². The SMILES string of the molecule is CNC(=O)c1ccc2nc(-c3ccc(-c4ccc(OC)cc4)cc3)n(C[C@@H]3CCN(C(=O)C4CC4)C3)c2c1. The Morgan fingerprint density at radius 1 is 0.947 bits per heavy atom. The first kappa shape index (κ1) is 24.2. The first-order valence-corrected chi connectivity index (χ1v) is 13.3. The number of imidazole rings is 1. The molecule has 2 amide bonds. The first-order chi connectivity index (χ1) is 18.5. The number of fused-ring (bicyclic) bond motifs is 1. The van der Waals surface area contributed by atoms with E-state index in [9.17, 15) is 9.59 Å². The minimum Gasteiger partial charge on any atom is -0.497 e. The lowest BCUT2D eigenvalue weighted by molar-refractivity contribution is -0.131. The van der Waals surface area contributed by atoms with Gasteiger partial charge < -0.3 is 19.5 Å². The molecule has 0 radical (unpaired) electrons. The number of hydrogen-bond donors (Lipinski definition) is 1. The van der Waals surface area contributed by atoms with Crippen molar-refractivity contribution < 1.29 is 14.3 Å². The normalized spacial score (nSPS) is 17.1. The maximum Gasteiger partial charge on any atom is 0.251 e. The summed E-state index contributed by atoms with van der Waals surface area (Å²) in [6.45, 7) is 2.35. The van der Waals surface area contributed by atoms with Gasteiger partial charge in [-0.3, -0.25) is 9.59 Å². The minimum atomic E-state index is -0.118. The second-order valence-corrected chi connectivity index (χ2v) is 10.3. The number of ether oxygens (including phenoxy) is 1. The second-order valence-electron chi connectivity index (χ2n) is 10.3. The van der Waals surface area contributed by atoms with Crippen molar-refractivity contribution in [1.82, 2.24) is 19.8 Å². The molecule has 2 heterocycles. The summed E-state index contributed by atoms with van der Waals surface area (Å²) in [7, 11) is 3.31. The lowest BCUT2D eigenvalue weighted by atomic mass is 10.0. The first-order valence-electron chi connectivity index (χ1n) is 13.3. The standard InChI is InChI=1S/C31H32N4O3/c1-32-30(36)25-11-14-27-28(17-25)35(19-20-15-16-34(18-20)31(37)24-7-8-24)29(33-27)23-5-3-21(4-6-23)22-9-12-26(38-2)13-10-22/h3-6,9-14,17,20,24H,7-8,15-16,18-19H2,1-2H3,(H,32,36)/t20-/m1/s1. The van der Waals surface area contributed by atoms with E-state index in [-0.39, 0.29) is 11.8 Å². The highest BCUT2D eigenvalue weighted by molar-refractivity contribution is 5.97. The number of nitrogens with one attached hydrogen (secondary N) is 1. The number of methoxy groups -OCH3 is 1. The number of hydrogen-bond acceptors (Lipinski definition) is 4. The molecule has 194 valence electrons. The molecular formula is C31H32N4O3. The van der Waals surface area contributed by atoms with E-state index in [0.29, 0.717) is 17.4 Å². The molecule has 2 aliphatic rings. The Labute approximate surface area is 222 Å². The molecule has 38 heavy (non-hydrogen) atoms. The van der Waals surface area contributed by atoms with E-state index in [1.165, 1.54) is 0 Å². The molecule has 1 N–H and O–H groups in total. The van der Waals surface area contributed by atoms with E-state index in [1.54, 1.807) is 14.2 Å². The molecule has 7 heteroatoms. The van der Waals surface area contributed by atoms with Crippen LogP contribution in [0, 0.1) is 11.8 Å². The molecular weight excluding hydrogens is 476 g/mol. The molecule has 0 spiro atoms. The number of nitrogens with zero attached hydrogens (tertiary/aromatic N) is 3. The molecule has 0 bridgehead atoms. The van der Waals surface area contributed by atoms with Gasteiger partial charge in [-0.05, 0) is 66.6 Å². The van der Waals surface area contributed by atoms with Crippen LogP contribution in [0.4, 0.5) is 0 Å². The van der Waals surface area contributed by atoms with E-state index in [4.69, 9.17) is 9.72 Å². The third kappa shape index (κ3) is 4.64. The van der Waals surface area contributed by atoms with Gasteiger partial charge in [-0.25, -0.2) is 4.98 Å². The highest BCUT2D eigenvalue weighted by Crippen LogP contribution is 2.34. The zero-order chi connectivity index (χ0) is 26.2. The van der Waals surface area contributed by atoms with Gasteiger partial charge in [-0.2, -0.15) is 0 Å². The Bertz CT molecular complexity index is 1490. The fourth-order valence-corrected chi connectivity index (χ4v) is 5.44. The van der Waals surface area contributed by atoms with Gasteiger partial charge in [0.1, 0.15) is 11.6 Å². The maximum absolute atomic E-state index is 12.6. The van der Waals surface area contributed by atoms with E-state index in [2.05, 4.69) is 46.3 Å². The van der Waals surface area contributed by atoms with Gasteiger partial charge in [0.05, 0.1) is 18.1 Å².